The van der Waals surface area contributed by atoms with Crippen molar-refractivity contribution in [1.82, 2.24) is 10.3 Å². The highest BCUT2D eigenvalue weighted by molar-refractivity contribution is 5.19. The van der Waals surface area contributed by atoms with Crippen molar-refractivity contribution in [3.05, 3.63) is 41.7 Å². The van der Waals surface area contributed by atoms with Crippen LogP contribution in [0, 0.1) is 0 Å². The SMILES string of the molecule is CCNC(Cc1ccncc1)C1=CCCCCC1. The van der Waals surface area contributed by atoms with E-state index in [1.54, 1.807) is 5.57 Å². The summed E-state index contributed by atoms with van der Waals surface area (Å²) in [7, 11) is 0. The van der Waals surface area contributed by atoms with Gasteiger partial charge in [-0.3, -0.25) is 4.98 Å². The van der Waals surface area contributed by atoms with Crippen molar-refractivity contribution < 1.29 is 0 Å². The van der Waals surface area contributed by atoms with Crippen molar-refractivity contribution in [1.29, 1.82) is 0 Å². The molecule has 2 rings (SSSR count). The Morgan fingerprint density at radius 3 is 2.83 bits per heavy atom. The van der Waals surface area contributed by atoms with Crippen LogP contribution in [0.5, 0.6) is 0 Å². The van der Waals surface area contributed by atoms with Crippen molar-refractivity contribution in [3.8, 4) is 0 Å². The minimum atomic E-state index is 0.510. The summed E-state index contributed by atoms with van der Waals surface area (Å²) in [5.74, 6) is 0. The van der Waals surface area contributed by atoms with E-state index >= 15 is 0 Å². The lowest BCUT2D eigenvalue weighted by Crippen LogP contribution is -2.33. The topological polar surface area (TPSA) is 24.9 Å². The van der Waals surface area contributed by atoms with Gasteiger partial charge in [-0.15, -0.1) is 0 Å². The van der Waals surface area contributed by atoms with Crippen LogP contribution in [0.15, 0.2) is 36.2 Å². The van der Waals surface area contributed by atoms with Crippen molar-refractivity contribution >= 4 is 0 Å². The van der Waals surface area contributed by atoms with E-state index in [9.17, 15) is 0 Å². The van der Waals surface area contributed by atoms with Gasteiger partial charge in [0, 0.05) is 18.4 Å². The van der Waals surface area contributed by atoms with Crippen LogP contribution in [-0.4, -0.2) is 17.6 Å². The minimum Gasteiger partial charge on any atom is -0.310 e. The molecule has 0 saturated carbocycles. The highest BCUT2D eigenvalue weighted by atomic mass is 14.9. The first-order valence-corrected chi connectivity index (χ1v) is 7.21. The average molecular weight is 244 g/mol. The molecule has 0 saturated heterocycles. The van der Waals surface area contributed by atoms with E-state index in [2.05, 4.69) is 35.4 Å². The summed E-state index contributed by atoms with van der Waals surface area (Å²) in [4.78, 5) is 4.09. The summed E-state index contributed by atoms with van der Waals surface area (Å²) in [5.41, 5.74) is 2.99. The Kier molecular flexibility index (Phi) is 5.40. The Bertz CT molecular complexity index is 370. The van der Waals surface area contributed by atoms with Crippen LogP contribution in [0.25, 0.3) is 0 Å². The third-order valence-corrected chi connectivity index (χ3v) is 3.66. The monoisotopic (exact) mass is 244 g/mol. The van der Waals surface area contributed by atoms with Gasteiger partial charge in [-0.25, -0.2) is 0 Å². The van der Waals surface area contributed by atoms with Gasteiger partial charge in [-0.05, 0) is 56.3 Å². The second-order valence-corrected chi connectivity index (χ2v) is 5.05. The molecule has 1 N–H and O–H groups in total. The molecule has 1 aromatic heterocycles. The average Bonchev–Trinajstić information content (AvgIpc) is 2.68. The fourth-order valence-electron chi connectivity index (χ4n) is 2.69. The third-order valence-electron chi connectivity index (χ3n) is 3.66. The van der Waals surface area contributed by atoms with E-state index in [4.69, 9.17) is 0 Å². The molecule has 18 heavy (non-hydrogen) atoms. The maximum absolute atomic E-state index is 4.09. The van der Waals surface area contributed by atoms with E-state index < -0.39 is 0 Å². The summed E-state index contributed by atoms with van der Waals surface area (Å²) >= 11 is 0. The molecule has 0 aliphatic heterocycles. The van der Waals surface area contributed by atoms with Gasteiger partial charge in [-0.2, -0.15) is 0 Å². The Hall–Kier alpha value is -1.15. The zero-order chi connectivity index (χ0) is 12.6. The van der Waals surface area contributed by atoms with Crippen LogP contribution in [0.4, 0.5) is 0 Å². The lowest BCUT2D eigenvalue weighted by Gasteiger charge is -2.21. The number of likely N-dealkylation sites (N-methyl/N-ethyl adjacent to an activating group) is 1. The molecule has 0 radical (unpaired) electrons. The second kappa shape index (κ2) is 7.32. The van der Waals surface area contributed by atoms with Gasteiger partial charge < -0.3 is 5.32 Å². The van der Waals surface area contributed by atoms with Gasteiger partial charge >= 0.3 is 0 Å². The first-order chi connectivity index (χ1) is 8.90. The molecule has 2 nitrogen and oxygen atoms in total. The maximum atomic E-state index is 4.09. The Balaban J connectivity index is 2.05. The fraction of sp³-hybridized carbons (Fsp3) is 0.562. The van der Waals surface area contributed by atoms with Gasteiger partial charge in [0.25, 0.3) is 0 Å². The van der Waals surface area contributed by atoms with Gasteiger partial charge in [-0.1, -0.05) is 25.0 Å². The molecule has 1 unspecified atom stereocenters. The largest absolute Gasteiger partial charge is 0.310 e. The standard InChI is InChI=1S/C16H24N2/c1-2-18-16(13-14-9-11-17-12-10-14)15-7-5-3-4-6-8-15/h7,9-12,16,18H,2-6,8,13H2,1H3. The van der Waals surface area contributed by atoms with Gasteiger partial charge in [0.1, 0.15) is 0 Å². The van der Waals surface area contributed by atoms with E-state index in [0.29, 0.717) is 6.04 Å². The molecular weight excluding hydrogens is 220 g/mol. The van der Waals surface area contributed by atoms with Crippen LogP contribution in [-0.2, 0) is 6.42 Å². The van der Waals surface area contributed by atoms with Crippen molar-refractivity contribution in [2.75, 3.05) is 6.54 Å². The molecule has 0 bridgehead atoms. The van der Waals surface area contributed by atoms with Crippen molar-refractivity contribution in [3.63, 3.8) is 0 Å². The quantitative estimate of drug-likeness (QED) is 0.802. The van der Waals surface area contributed by atoms with Crippen LogP contribution < -0.4 is 5.32 Å². The number of hydrogen-bond donors (Lipinski definition) is 1. The molecule has 1 atom stereocenters. The Labute approximate surface area is 111 Å². The van der Waals surface area contributed by atoms with Gasteiger partial charge in [0.2, 0.25) is 0 Å². The van der Waals surface area contributed by atoms with E-state index in [-0.39, 0.29) is 0 Å². The number of rotatable bonds is 5. The zero-order valence-corrected chi connectivity index (χ0v) is 11.4. The van der Waals surface area contributed by atoms with Gasteiger partial charge in [0.15, 0.2) is 0 Å². The molecule has 0 amide bonds. The maximum Gasteiger partial charge on any atom is 0.0319 e. The summed E-state index contributed by atoms with van der Waals surface area (Å²) in [6.45, 7) is 3.23. The van der Waals surface area contributed by atoms with Crippen molar-refractivity contribution in [2.24, 2.45) is 0 Å². The molecule has 1 heterocycles. The molecule has 98 valence electrons. The van der Waals surface area contributed by atoms with Crippen LogP contribution in [0.3, 0.4) is 0 Å². The summed E-state index contributed by atoms with van der Waals surface area (Å²) < 4.78 is 0. The molecule has 1 aliphatic carbocycles. The normalized spacial score (nSPS) is 17.9. The molecule has 2 heteroatoms. The summed E-state index contributed by atoms with van der Waals surface area (Å²) in [6.07, 6.45) is 14.0. The summed E-state index contributed by atoms with van der Waals surface area (Å²) in [5, 5.41) is 3.64. The van der Waals surface area contributed by atoms with E-state index in [1.165, 1.54) is 37.7 Å². The number of aromatic nitrogens is 1. The fourth-order valence-corrected chi connectivity index (χ4v) is 2.69. The predicted molar refractivity (Wildman–Crippen MR) is 76.6 cm³/mol. The van der Waals surface area contributed by atoms with E-state index in [0.717, 1.165) is 13.0 Å². The summed E-state index contributed by atoms with van der Waals surface area (Å²) in [6, 6.07) is 4.76. The zero-order valence-electron chi connectivity index (χ0n) is 11.4. The van der Waals surface area contributed by atoms with Crippen LogP contribution >= 0.6 is 0 Å². The first-order valence-electron chi connectivity index (χ1n) is 7.21. The first kappa shape index (κ1) is 13.3. The highest BCUT2D eigenvalue weighted by Gasteiger charge is 2.15. The smallest absolute Gasteiger partial charge is 0.0319 e. The lowest BCUT2D eigenvalue weighted by atomic mass is 9.96. The predicted octanol–water partition coefficient (Wildman–Crippen LogP) is 3.49. The molecule has 1 aliphatic rings. The van der Waals surface area contributed by atoms with Crippen LogP contribution in [0.2, 0.25) is 0 Å². The Morgan fingerprint density at radius 2 is 2.06 bits per heavy atom. The van der Waals surface area contributed by atoms with Crippen molar-refractivity contribution in [2.45, 2.75) is 51.5 Å². The molecule has 0 fully saturated rings. The van der Waals surface area contributed by atoms with Crippen LogP contribution in [0.1, 0.15) is 44.6 Å². The number of nitrogens with zero attached hydrogens (tertiary/aromatic N) is 1. The molecule has 0 aromatic carbocycles. The molecule has 0 spiro atoms. The number of pyridine rings is 1. The number of hydrogen-bond acceptors (Lipinski definition) is 2. The molecular formula is C16H24N2. The minimum absolute atomic E-state index is 0.510. The Morgan fingerprint density at radius 1 is 1.22 bits per heavy atom. The third kappa shape index (κ3) is 3.95. The molecule has 1 aromatic rings. The van der Waals surface area contributed by atoms with E-state index in [1.807, 2.05) is 12.4 Å². The highest BCUT2D eigenvalue weighted by Crippen LogP contribution is 2.21. The lowest BCUT2D eigenvalue weighted by molar-refractivity contribution is 0.562. The number of nitrogens with one attached hydrogen (secondary N) is 1. The second-order valence-electron chi connectivity index (χ2n) is 5.05. The number of allylic oxidation sites excluding steroid dienone is 1. The van der Waals surface area contributed by atoms with Gasteiger partial charge in [0.05, 0.1) is 0 Å².